The largest absolute Gasteiger partial charge is 0.469 e. The van der Waals surface area contributed by atoms with Crippen molar-refractivity contribution in [1.82, 2.24) is 5.32 Å². The van der Waals surface area contributed by atoms with Gasteiger partial charge in [0.15, 0.2) is 0 Å². The SMILES string of the molecule is CC(CCc1ccco1)NC(=O)C(F)(F)C(F)(F)F. The molecule has 1 aromatic heterocycles. The Morgan fingerprint density at radius 3 is 2.47 bits per heavy atom. The number of halogens is 5. The first kappa shape index (κ1) is 15.5. The molecule has 0 aliphatic heterocycles. The molecular formula is C11H12F5NO2. The minimum absolute atomic E-state index is 0.188. The molecule has 1 aromatic rings. The fourth-order valence-electron chi connectivity index (χ4n) is 1.33. The molecule has 1 N–H and O–H groups in total. The van der Waals surface area contributed by atoms with Crippen LogP contribution in [0.3, 0.4) is 0 Å². The summed E-state index contributed by atoms with van der Waals surface area (Å²) in [5, 5.41) is 1.64. The number of rotatable bonds is 5. The number of hydrogen-bond donors (Lipinski definition) is 1. The van der Waals surface area contributed by atoms with Gasteiger partial charge in [0.25, 0.3) is 0 Å². The Balaban J connectivity index is 2.48. The van der Waals surface area contributed by atoms with Crippen LogP contribution >= 0.6 is 0 Å². The molecular weight excluding hydrogens is 273 g/mol. The van der Waals surface area contributed by atoms with Gasteiger partial charge in [0, 0.05) is 12.5 Å². The van der Waals surface area contributed by atoms with Gasteiger partial charge in [-0.25, -0.2) is 0 Å². The summed E-state index contributed by atoms with van der Waals surface area (Å²) in [6.45, 7) is 1.34. The molecule has 1 amide bonds. The summed E-state index contributed by atoms with van der Waals surface area (Å²) >= 11 is 0. The Labute approximate surface area is 105 Å². The molecule has 3 nitrogen and oxygen atoms in total. The van der Waals surface area contributed by atoms with Crippen LogP contribution in [0, 0.1) is 0 Å². The third-order valence-electron chi connectivity index (χ3n) is 2.42. The van der Waals surface area contributed by atoms with Gasteiger partial charge in [-0.1, -0.05) is 0 Å². The molecule has 0 fully saturated rings. The highest BCUT2D eigenvalue weighted by Crippen LogP contribution is 2.35. The number of aryl methyl sites for hydroxylation is 1. The standard InChI is InChI=1S/C11H12F5NO2/c1-7(4-5-8-3-2-6-19-8)17-9(18)10(12,13)11(14,15)16/h2-3,6-7H,4-5H2,1H3,(H,17,18). The summed E-state index contributed by atoms with van der Waals surface area (Å²) in [4.78, 5) is 10.9. The van der Waals surface area contributed by atoms with E-state index >= 15 is 0 Å². The molecule has 1 heterocycles. The second kappa shape index (κ2) is 5.58. The first-order chi connectivity index (χ1) is 8.64. The zero-order chi connectivity index (χ0) is 14.7. The zero-order valence-corrected chi connectivity index (χ0v) is 9.93. The number of carbonyl (C=O) groups excluding carboxylic acids is 1. The van der Waals surface area contributed by atoms with E-state index in [-0.39, 0.29) is 6.42 Å². The molecule has 19 heavy (non-hydrogen) atoms. The van der Waals surface area contributed by atoms with Crippen molar-refractivity contribution in [1.29, 1.82) is 0 Å². The second-order valence-electron chi connectivity index (χ2n) is 4.06. The Hall–Kier alpha value is -1.60. The second-order valence-corrected chi connectivity index (χ2v) is 4.06. The molecule has 1 unspecified atom stereocenters. The van der Waals surface area contributed by atoms with Crippen molar-refractivity contribution in [2.45, 2.75) is 37.9 Å². The first-order valence-corrected chi connectivity index (χ1v) is 5.42. The maximum atomic E-state index is 12.6. The zero-order valence-electron chi connectivity index (χ0n) is 9.93. The highest BCUT2D eigenvalue weighted by atomic mass is 19.4. The highest BCUT2D eigenvalue weighted by Gasteiger charge is 2.63. The lowest BCUT2D eigenvalue weighted by Gasteiger charge is -2.21. The molecule has 1 rings (SSSR count). The number of nitrogens with one attached hydrogen (secondary N) is 1. The summed E-state index contributed by atoms with van der Waals surface area (Å²) in [6.07, 6.45) is -3.96. The molecule has 108 valence electrons. The number of furan rings is 1. The van der Waals surface area contributed by atoms with Gasteiger partial charge in [0.2, 0.25) is 0 Å². The van der Waals surface area contributed by atoms with Gasteiger partial charge in [-0.2, -0.15) is 22.0 Å². The molecule has 0 spiro atoms. The van der Waals surface area contributed by atoms with Crippen LogP contribution in [0.15, 0.2) is 22.8 Å². The van der Waals surface area contributed by atoms with E-state index in [0.29, 0.717) is 12.2 Å². The van der Waals surface area contributed by atoms with Crippen LogP contribution in [-0.2, 0) is 11.2 Å². The number of amides is 1. The fourth-order valence-corrected chi connectivity index (χ4v) is 1.33. The molecule has 0 saturated heterocycles. The maximum absolute atomic E-state index is 12.6. The molecule has 0 aliphatic carbocycles. The number of carbonyl (C=O) groups is 1. The normalized spacial score (nSPS) is 14.2. The number of hydrogen-bond acceptors (Lipinski definition) is 2. The Morgan fingerprint density at radius 1 is 1.37 bits per heavy atom. The molecule has 1 atom stereocenters. The van der Waals surface area contributed by atoms with Crippen molar-refractivity contribution in [2.75, 3.05) is 0 Å². The monoisotopic (exact) mass is 285 g/mol. The third kappa shape index (κ3) is 3.93. The van der Waals surface area contributed by atoms with E-state index in [1.807, 2.05) is 0 Å². The van der Waals surface area contributed by atoms with Gasteiger partial charge in [-0.05, 0) is 25.5 Å². The molecule has 0 bridgehead atoms. The van der Waals surface area contributed by atoms with E-state index in [1.54, 1.807) is 17.4 Å². The van der Waals surface area contributed by atoms with Gasteiger partial charge >= 0.3 is 18.0 Å². The van der Waals surface area contributed by atoms with Crippen LogP contribution in [0.5, 0.6) is 0 Å². The van der Waals surface area contributed by atoms with Crippen molar-refractivity contribution in [3.63, 3.8) is 0 Å². The minimum atomic E-state index is -5.89. The smallest absolute Gasteiger partial charge is 0.463 e. The molecule has 0 radical (unpaired) electrons. The maximum Gasteiger partial charge on any atom is 0.463 e. The lowest BCUT2D eigenvalue weighted by atomic mass is 10.1. The van der Waals surface area contributed by atoms with Crippen LogP contribution in [-0.4, -0.2) is 24.0 Å². The molecule has 8 heteroatoms. The predicted octanol–water partition coefficient (Wildman–Crippen LogP) is 2.91. The summed E-state index contributed by atoms with van der Waals surface area (Å²) in [5.41, 5.74) is 0. The van der Waals surface area contributed by atoms with Crippen molar-refractivity contribution in [3.8, 4) is 0 Å². The third-order valence-corrected chi connectivity index (χ3v) is 2.42. The topological polar surface area (TPSA) is 42.2 Å². The van der Waals surface area contributed by atoms with E-state index in [2.05, 4.69) is 0 Å². The first-order valence-electron chi connectivity index (χ1n) is 5.42. The Morgan fingerprint density at radius 2 is 2.00 bits per heavy atom. The molecule has 0 aromatic carbocycles. The van der Waals surface area contributed by atoms with Gasteiger partial charge in [-0.15, -0.1) is 0 Å². The van der Waals surface area contributed by atoms with E-state index < -0.39 is 24.0 Å². The Bertz CT molecular complexity index is 413. The lowest BCUT2D eigenvalue weighted by Crippen LogP contribution is -2.52. The summed E-state index contributed by atoms with van der Waals surface area (Å²) in [5.74, 6) is -7.16. The van der Waals surface area contributed by atoms with Gasteiger partial charge in [0.05, 0.1) is 6.26 Å². The average molecular weight is 285 g/mol. The Kier molecular flexibility index (Phi) is 4.54. The van der Waals surface area contributed by atoms with Crippen molar-refractivity contribution >= 4 is 5.91 Å². The van der Waals surface area contributed by atoms with Crippen LogP contribution in [0.25, 0.3) is 0 Å². The van der Waals surface area contributed by atoms with E-state index in [9.17, 15) is 26.7 Å². The number of alkyl halides is 5. The van der Waals surface area contributed by atoms with Crippen LogP contribution in [0.2, 0.25) is 0 Å². The lowest BCUT2D eigenvalue weighted by molar-refractivity contribution is -0.270. The molecule has 0 aliphatic rings. The average Bonchev–Trinajstić information content (AvgIpc) is 2.77. The van der Waals surface area contributed by atoms with Crippen LogP contribution in [0.4, 0.5) is 22.0 Å². The summed E-state index contributed by atoms with van der Waals surface area (Å²) in [7, 11) is 0. The quantitative estimate of drug-likeness (QED) is 0.845. The van der Waals surface area contributed by atoms with E-state index in [0.717, 1.165) is 0 Å². The van der Waals surface area contributed by atoms with Gasteiger partial charge in [-0.3, -0.25) is 4.79 Å². The summed E-state index contributed by atoms with van der Waals surface area (Å²) in [6, 6.07) is 2.43. The van der Waals surface area contributed by atoms with Crippen LogP contribution in [0.1, 0.15) is 19.1 Å². The highest BCUT2D eigenvalue weighted by molar-refractivity contribution is 5.84. The van der Waals surface area contributed by atoms with E-state index in [4.69, 9.17) is 4.42 Å². The van der Waals surface area contributed by atoms with Gasteiger partial charge in [0.1, 0.15) is 5.76 Å². The van der Waals surface area contributed by atoms with Crippen molar-refractivity contribution < 1.29 is 31.2 Å². The fraction of sp³-hybridized carbons (Fsp3) is 0.545. The molecule has 0 saturated carbocycles. The van der Waals surface area contributed by atoms with E-state index in [1.165, 1.54) is 13.2 Å². The minimum Gasteiger partial charge on any atom is -0.469 e. The van der Waals surface area contributed by atoms with Crippen LogP contribution < -0.4 is 5.32 Å². The van der Waals surface area contributed by atoms with Crippen molar-refractivity contribution in [3.05, 3.63) is 24.2 Å². The predicted molar refractivity (Wildman–Crippen MR) is 55.6 cm³/mol. The van der Waals surface area contributed by atoms with Gasteiger partial charge < -0.3 is 9.73 Å². The van der Waals surface area contributed by atoms with Crippen molar-refractivity contribution in [2.24, 2.45) is 0 Å². The summed E-state index contributed by atoms with van der Waals surface area (Å²) < 4.78 is 66.0.